The summed E-state index contributed by atoms with van der Waals surface area (Å²) >= 11 is 0. The number of aryl methyl sites for hydroxylation is 1. The third-order valence-corrected chi connectivity index (χ3v) is 4.94. The van der Waals surface area contributed by atoms with Crippen LogP contribution in [0.1, 0.15) is 18.5 Å². The zero-order chi connectivity index (χ0) is 20.0. The molecule has 1 aromatic carbocycles. The second-order valence-electron chi connectivity index (χ2n) is 7.14. The van der Waals surface area contributed by atoms with Crippen molar-refractivity contribution in [2.24, 2.45) is 0 Å². The summed E-state index contributed by atoms with van der Waals surface area (Å²) in [6.45, 7) is 2.10. The van der Waals surface area contributed by atoms with E-state index in [0.29, 0.717) is 30.0 Å². The van der Waals surface area contributed by atoms with Gasteiger partial charge in [0.2, 0.25) is 5.91 Å². The number of ether oxygens (including phenoxy) is 1. The number of anilines is 3. The lowest BCUT2D eigenvalue weighted by Gasteiger charge is -2.36. The molecule has 1 saturated carbocycles. The van der Waals surface area contributed by atoms with Gasteiger partial charge in [-0.1, -0.05) is 0 Å². The minimum atomic E-state index is -1.50. The molecule has 6 nitrogen and oxygen atoms in total. The second kappa shape index (κ2) is 6.88. The topological polar surface area (TPSA) is 66.5 Å². The summed E-state index contributed by atoms with van der Waals surface area (Å²) in [5.74, 6) is -3.46. The van der Waals surface area contributed by atoms with Crippen LogP contribution in [0.25, 0.3) is 0 Å². The monoisotopic (exact) mass is 392 g/mol. The molecular formula is C19H19F3N4O2. The van der Waals surface area contributed by atoms with Crippen molar-refractivity contribution in [1.29, 1.82) is 0 Å². The van der Waals surface area contributed by atoms with Gasteiger partial charge in [-0.3, -0.25) is 4.79 Å². The van der Waals surface area contributed by atoms with Crippen molar-refractivity contribution in [3.05, 3.63) is 41.3 Å². The van der Waals surface area contributed by atoms with E-state index in [1.165, 1.54) is 0 Å². The lowest BCUT2D eigenvalue weighted by atomic mass is 9.89. The summed E-state index contributed by atoms with van der Waals surface area (Å²) in [4.78, 5) is 18.0. The van der Waals surface area contributed by atoms with Gasteiger partial charge in [0.05, 0.1) is 23.6 Å². The van der Waals surface area contributed by atoms with E-state index in [1.807, 2.05) is 24.9 Å². The Balaban J connectivity index is 1.38. The molecule has 4 rings (SSSR count). The summed E-state index contributed by atoms with van der Waals surface area (Å²) < 4.78 is 45.0. The van der Waals surface area contributed by atoms with E-state index in [1.54, 1.807) is 0 Å². The summed E-state index contributed by atoms with van der Waals surface area (Å²) in [6.07, 6.45) is 1.01. The largest absolute Gasteiger partial charge is 0.490 e. The standard InChI is InChI=1S/C19H19F3N4O2/c1-9-19-15(26(2)8-17(27)25-19)7-16(23-9)24-10-3-11(4-10)28-12-5-13(20)18(22)14(21)6-12/h5-7,10-11H,3-4,8H2,1-2H3,(H,23,24)(H,25,27). The molecule has 0 radical (unpaired) electrons. The van der Waals surface area contributed by atoms with Crippen molar-refractivity contribution in [2.75, 3.05) is 29.1 Å². The van der Waals surface area contributed by atoms with Crippen LogP contribution in [0.5, 0.6) is 5.75 Å². The highest BCUT2D eigenvalue weighted by Crippen LogP contribution is 2.35. The number of carbonyl (C=O) groups excluding carboxylic acids is 1. The molecule has 0 bridgehead atoms. The fourth-order valence-corrected chi connectivity index (χ4v) is 3.45. The Hall–Kier alpha value is -2.97. The molecule has 1 aliphatic carbocycles. The highest BCUT2D eigenvalue weighted by molar-refractivity contribution is 6.02. The Bertz CT molecular complexity index is 924. The first-order valence-corrected chi connectivity index (χ1v) is 8.90. The van der Waals surface area contributed by atoms with Crippen LogP contribution in [0.3, 0.4) is 0 Å². The summed E-state index contributed by atoms with van der Waals surface area (Å²) in [7, 11) is 1.84. The number of aromatic nitrogens is 1. The van der Waals surface area contributed by atoms with Crippen molar-refractivity contribution in [1.82, 2.24) is 4.98 Å². The van der Waals surface area contributed by atoms with Gasteiger partial charge in [-0.05, 0) is 6.92 Å². The molecule has 0 unspecified atom stereocenters. The molecule has 1 amide bonds. The first-order chi connectivity index (χ1) is 13.3. The maximum atomic E-state index is 13.3. The van der Waals surface area contributed by atoms with E-state index >= 15 is 0 Å². The van der Waals surface area contributed by atoms with Gasteiger partial charge in [-0.15, -0.1) is 0 Å². The Morgan fingerprint density at radius 2 is 1.89 bits per heavy atom. The average Bonchev–Trinajstić information content (AvgIpc) is 2.59. The zero-order valence-corrected chi connectivity index (χ0v) is 15.4. The molecule has 2 aliphatic rings. The second-order valence-corrected chi connectivity index (χ2v) is 7.14. The molecule has 9 heteroatoms. The number of benzene rings is 1. The van der Waals surface area contributed by atoms with Crippen LogP contribution in [0.4, 0.5) is 30.4 Å². The quantitative estimate of drug-likeness (QED) is 0.783. The van der Waals surface area contributed by atoms with Crippen LogP contribution in [-0.4, -0.2) is 36.6 Å². The van der Waals surface area contributed by atoms with Gasteiger partial charge in [0.25, 0.3) is 0 Å². The molecule has 0 saturated heterocycles. The number of fused-ring (bicyclic) bond motifs is 1. The van der Waals surface area contributed by atoms with Crippen molar-refractivity contribution in [3.63, 3.8) is 0 Å². The molecule has 1 aromatic heterocycles. The minimum absolute atomic E-state index is 0.0278. The number of carbonyl (C=O) groups is 1. The number of hydrogen-bond donors (Lipinski definition) is 2. The molecule has 148 valence electrons. The SMILES string of the molecule is Cc1nc(NC2CC(Oc3cc(F)c(F)c(F)c3)C2)cc2c1NC(=O)CN2C. The van der Waals surface area contributed by atoms with Gasteiger partial charge < -0.3 is 20.3 Å². The molecule has 2 heterocycles. The van der Waals surface area contributed by atoms with E-state index in [4.69, 9.17) is 4.74 Å². The lowest BCUT2D eigenvalue weighted by Crippen LogP contribution is -2.43. The third-order valence-electron chi connectivity index (χ3n) is 4.94. The van der Waals surface area contributed by atoms with Crippen LogP contribution < -0.4 is 20.3 Å². The first kappa shape index (κ1) is 18.4. The molecular weight excluding hydrogens is 373 g/mol. The van der Waals surface area contributed by atoms with Gasteiger partial charge in [-0.2, -0.15) is 0 Å². The van der Waals surface area contributed by atoms with Crippen LogP contribution in [0.15, 0.2) is 18.2 Å². The maximum Gasteiger partial charge on any atom is 0.243 e. The first-order valence-electron chi connectivity index (χ1n) is 8.90. The Morgan fingerprint density at radius 1 is 1.21 bits per heavy atom. The maximum absolute atomic E-state index is 13.3. The van der Waals surface area contributed by atoms with Crippen LogP contribution in [0.2, 0.25) is 0 Å². The number of amides is 1. The van der Waals surface area contributed by atoms with Gasteiger partial charge >= 0.3 is 0 Å². The molecule has 1 aliphatic heterocycles. The van der Waals surface area contributed by atoms with Gasteiger partial charge in [0, 0.05) is 44.1 Å². The smallest absolute Gasteiger partial charge is 0.243 e. The number of halogens is 3. The van der Waals surface area contributed by atoms with Crippen molar-refractivity contribution in [3.8, 4) is 5.75 Å². The normalized spacial score (nSPS) is 20.9. The van der Waals surface area contributed by atoms with Crippen LogP contribution in [0, 0.1) is 24.4 Å². The van der Waals surface area contributed by atoms with Gasteiger partial charge in [0.1, 0.15) is 17.7 Å². The molecule has 2 N–H and O–H groups in total. The lowest BCUT2D eigenvalue weighted by molar-refractivity contribution is -0.115. The number of nitrogens with one attached hydrogen (secondary N) is 2. The minimum Gasteiger partial charge on any atom is -0.490 e. The molecule has 0 atom stereocenters. The van der Waals surface area contributed by atoms with E-state index in [2.05, 4.69) is 15.6 Å². The predicted molar refractivity (Wildman–Crippen MR) is 98.3 cm³/mol. The van der Waals surface area contributed by atoms with E-state index < -0.39 is 17.5 Å². The fraction of sp³-hybridized carbons (Fsp3) is 0.368. The number of pyridine rings is 1. The fourth-order valence-electron chi connectivity index (χ4n) is 3.45. The average molecular weight is 392 g/mol. The highest BCUT2D eigenvalue weighted by atomic mass is 19.2. The summed E-state index contributed by atoms with van der Waals surface area (Å²) in [5, 5.41) is 6.15. The predicted octanol–water partition coefficient (Wildman–Crippen LogP) is 3.22. The summed E-state index contributed by atoms with van der Waals surface area (Å²) in [6, 6.07) is 3.66. The highest BCUT2D eigenvalue weighted by Gasteiger charge is 2.32. The Labute approximate surface area is 159 Å². The Morgan fingerprint density at radius 3 is 2.57 bits per heavy atom. The van der Waals surface area contributed by atoms with Crippen molar-refractivity contribution in [2.45, 2.75) is 31.9 Å². The number of nitrogens with zero attached hydrogens (tertiary/aromatic N) is 2. The van der Waals surface area contributed by atoms with E-state index in [9.17, 15) is 18.0 Å². The van der Waals surface area contributed by atoms with Crippen LogP contribution >= 0.6 is 0 Å². The van der Waals surface area contributed by atoms with Crippen LogP contribution in [-0.2, 0) is 4.79 Å². The van der Waals surface area contributed by atoms with Crippen molar-refractivity contribution >= 4 is 23.1 Å². The molecule has 1 fully saturated rings. The van der Waals surface area contributed by atoms with Gasteiger partial charge in [-0.25, -0.2) is 18.2 Å². The number of hydrogen-bond acceptors (Lipinski definition) is 5. The molecule has 28 heavy (non-hydrogen) atoms. The Kier molecular flexibility index (Phi) is 4.52. The summed E-state index contributed by atoms with van der Waals surface area (Å²) in [5.41, 5.74) is 2.31. The van der Waals surface area contributed by atoms with Gasteiger partial charge in [0.15, 0.2) is 17.5 Å². The zero-order valence-electron chi connectivity index (χ0n) is 15.4. The van der Waals surface area contributed by atoms with E-state index in [0.717, 1.165) is 17.8 Å². The molecule has 0 spiro atoms. The molecule has 2 aromatic rings. The third kappa shape index (κ3) is 3.44. The van der Waals surface area contributed by atoms with Crippen molar-refractivity contribution < 1.29 is 22.7 Å². The number of rotatable bonds is 4. The van der Waals surface area contributed by atoms with E-state index in [-0.39, 0.29) is 30.3 Å². The number of likely N-dealkylation sites (N-methyl/N-ethyl adjacent to an activating group) is 1.